The van der Waals surface area contributed by atoms with Crippen LogP contribution in [0.5, 0.6) is 0 Å². The number of benzene rings is 2. The smallest absolute Gasteiger partial charge is 0.291 e. The van der Waals surface area contributed by atoms with Gasteiger partial charge in [-0.15, -0.1) is 11.3 Å². The van der Waals surface area contributed by atoms with E-state index in [4.69, 9.17) is 10.7 Å². The van der Waals surface area contributed by atoms with Gasteiger partial charge in [-0.05, 0) is 17.2 Å². The fourth-order valence-corrected chi connectivity index (χ4v) is 5.16. The largest absolute Gasteiger partial charge is 0.334 e. The Bertz CT molecular complexity index is 1630. The van der Waals surface area contributed by atoms with Gasteiger partial charge in [-0.3, -0.25) is 9.89 Å². The molecule has 32 heavy (non-hydrogen) atoms. The van der Waals surface area contributed by atoms with Crippen molar-refractivity contribution in [3.8, 4) is 0 Å². The first-order chi connectivity index (χ1) is 15.7. The van der Waals surface area contributed by atoms with Crippen LogP contribution in [0.25, 0.3) is 32.2 Å². The molecule has 0 spiro atoms. The van der Waals surface area contributed by atoms with Gasteiger partial charge >= 0.3 is 0 Å². The Morgan fingerprint density at radius 1 is 1.06 bits per heavy atom. The Morgan fingerprint density at radius 3 is 2.81 bits per heavy atom. The molecule has 0 aliphatic carbocycles. The standard InChI is InChI=1S/C23H19N7OS/c24-17(13-5-2-1-3-6-13)9-19-27-22-21(32-19)16-11-26-30(23(31)20(16)28-22)12-14-7-4-8-18-15(14)10-25-29-18/h1-8,10-11,17,28H,9,12,24H2,(H,25,29). The molecule has 9 heteroatoms. The van der Waals surface area contributed by atoms with E-state index in [1.807, 2.05) is 48.5 Å². The number of aromatic nitrogens is 6. The summed E-state index contributed by atoms with van der Waals surface area (Å²) in [5, 5.41) is 14.2. The average molecular weight is 442 g/mol. The van der Waals surface area contributed by atoms with Crippen LogP contribution in [0.3, 0.4) is 0 Å². The van der Waals surface area contributed by atoms with Gasteiger partial charge in [-0.25, -0.2) is 9.67 Å². The van der Waals surface area contributed by atoms with E-state index in [9.17, 15) is 4.79 Å². The van der Waals surface area contributed by atoms with E-state index in [0.717, 1.165) is 37.1 Å². The molecule has 0 aliphatic rings. The van der Waals surface area contributed by atoms with Gasteiger partial charge < -0.3 is 10.7 Å². The third-order valence-corrected chi connectivity index (χ3v) is 6.83. The highest BCUT2D eigenvalue weighted by molar-refractivity contribution is 7.19. The lowest BCUT2D eigenvalue weighted by Crippen LogP contribution is -2.23. The van der Waals surface area contributed by atoms with Crippen LogP contribution < -0.4 is 11.3 Å². The molecular formula is C23H19N7OS. The highest BCUT2D eigenvalue weighted by Gasteiger charge is 2.17. The van der Waals surface area contributed by atoms with E-state index in [1.165, 1.54) is 4.68 Å². The number of nitrogens with one attached hydrogen (secondary N) is 2. The second kappa shape index (κ2) is 7.40. The van der Waals surface area contributed by atoms with Crippen LogP contribution in [0, 0.1) is 0 Å². The number of rotatable bonds is 5. The summed E-state index contributed by atoms with van der Waals surface area (Å²) in [6.45, 7) is 0.364. The van der Waals surface area contributed by atoms with Crippen LogP contribution >= 0.6 is 11.3 Å². The van der Waals surface area contributed by atoms with E-state index >= 15 is 0 Å². The third kappa shape index (κ3) is 3.10. The van der Waals surface area contributed by atoms with Crippen LogP contribution in [0.4, 0.5) is 0 Å². The highest BCUT2D eigenvalue weighted by Crippen LogP contribution is 2.30. The highest BCUT2D eigenvalue weighted by atomic mass is 32.1. The maximum atomic E-state index is 13.1. The second-order valence-corrected chi connectivity index (χ2v) is 8.86. The summed E-state index contributed by atoms with van der Waals surface area (Å²) in [5.41, 5.74) is 10.4. The van der Waals surface area contributed by atoms with Gasteiger partial charge in [0.05, 0.1) is 34.2 Å². The fraction of sp³-hybridized carbons (Fsp3) is 0.130. The molecule has 4 heterocycles. The van der Waals surface area contributed by atoms with Crippen molar-refractivity contribution in [2.45, 2.75) is 19.0 Å². The first-order valence-corrected chi connectivity index (χ1v) is 11.1. The molecular weight excluding hydrogens is 422 g/mol. The van der Waals surface area contributed by atoms with Crippen molar-refractivity contribution in [2.75, 3.05) is 0 Å². The van der Waals surface area contributed by atoms with Crippen LogP contribution in [-0.2, 0) is 13.0 Å². The normalized spacial score (nSPS) is 12.8. The maximum Gasteiger partial charge on any atom is 0.291 e. The van der Waals surface area contributed by atoms with E-state index in [-0.39, 0.29) is 11.6 Å². The molecule has 4 aromatic heterocycles. The summed E-state index contributed by atoms with van der Waals surface area (Å²) in [6.07, 6.45) is 4.15. The molecule has 6 aromatic rings. The van der Waals surface area contributed by atoms with E-state index in [1.54, 1.807) is 23.7 Å². The molecule has 0 amide bonds. The van der Waals surface area contributed by atoms with Crippen molar-refractivity contribution in [1.82, 2.24) is 29.9 Å². The molecule has 8 nitrogen and oxygen atoms in total. The molecule has 0 radical (unpaired) electrons. The van der Waals surface area contributed by atoms with Crippen LogP contribution in [0.2, 0.25) is 0 Å². The minimum atomic E-state index is -0.171. The van der Waals surface area contributed by atoms with Crippen molar-refractivity contribution < 1.29 is 0 Å². The van der Waals surface area contributed by atoms with Gasteiger partial charge in [0, 0.05) is 23.2 Å². The van der Waals surface area contributed by atoms with Crippen LogP contribution in [0.1, 0.15) is 22.2 Å². The Kier molecular flexibility index (Phi) is 4.37. The van der Waals surface area contributed by atoms with E-state index in [0.29, 0.717) is 24.1 Å². The third-order valence-electron chi connectivity index (χ3n) is 5.72. The van der Waals surface area contributed by atoms with Crippen molar-refractivity contribution in [1.29, 1.82) is 0 Å². The summed E-state index contributed by atoms with van der Waals surface area (Å²) < 4.78 is 2.40. The lowest BCUT2D eigenvalue weighted by atomic mass is 10.1. The molecule has 0 saturated carbocycles. The first kappa shape index (κ1) is 18.9. The number of hydrogen-bond acceptors (Lipinski definition) is 6. The molecule has 158 valence electrons. The SMILES string of the molecule is NC(Cc1nc2[nH]c3c(=O)n(Cc4cccc5[nH]ncc45)ncc3c2s1)c1ccccc1. The Labute approximate surface area is 185 Å². The zero-order valence-corrected chi connectivity index (χ0v) is 17.8. The van der Waals surface area contributed by atoms with E-state index < -0.39 is 0 Å². The van der Waals surface area contributed by atoms with Crippen LogP contribution in [0.15, 0.2) is 65.7 Å². The zero-order valence-electron chi connectivity index (χ0n) is 16.9. The zero-order chi connectivity index (χ0) is 21.7. The minimum absolute atomic E-state index is 0.126. The molecule has 2 aromatic carbocycles. The molecule has 0 bridgehead atoms. The number of hydrogen-bond donors (Lipinski definition) is 3. The Hall–Kier alpha value is -3.82. The maximum absolute atomic E-state index is 13.1. The summed E-state index contributed by atoms with van der Waals surface area (Å²) in [6, 6.07) is 15.7. The van der Waals surface area contributed by atoms with Crippen molar-refractivity contribution in [3.63, 3.8) is 0 Å². The van der Waals surface area contributed by atoms with Gasteiger partial charge in [0.25, 0.3) is 5.56 Å². The lowest BCUT2D eigenvalue weighted by molar-refractivity contribution is 0.649. The number of nitrogens with two attached hydrogens (primary N) is 1. The molecule has 6 rings (SSSR count). The van der Waals surface area contributed by atoms with Gasteiger partial charge in [0.1, 0.15) is 11.2 Å². The van der Waals surface area contributed by atoms with Gasteiger partial charge in [0.15, 0.2) is 0 Å². The predicted octanol–water partition coefficient (Wildman–Crippen LogP) is 3.50. The van der Waals surface area contributed by atoms with E-state index in [2.05, 4.69) is 20.3 Å². The van der Waals surface area contributed by atoms with Gasteiger partial charge in [-0.2, -0.15) is 10.2 Å². The van der Waals surface area contributed by atoms with Gasteiger partial charge in [0.2, 0.25) is 0 Å². The second-order valence-electron chi connectivity index (χ2n) is 7.78. The first-order valence-electron chi connectivity index (χ1n) is 10.3. The number of aromatic amines is 2. The molecule has 1 unspecified atom stereocenters. The van der Waals surface area contributed by atoms with Gasteiger partial charge in [-0.1, -0.05) is 42.5 Å². The van der Waals surface area contributed by atoms with Crippen molar-refractivity contribution >= 4 is 43.5 Å². The quantitative estimate of drug-likeness (QED) is 0.378. The fourth-order valence-electron chi connectivity index (χ4n) is 4.07. The molecule has 1 atom stereocenters. The monoisotopic (exact) mass is 441 g/mol. The summed E-state index contributed by atoms with van der Waals surface area (Å²) in [4.78, 5) is 21.0. The Morgan fingerprint density at radius 2 is 1.94 bits per heavy atom. The number of thiazole rings is 1. The number of H-pyrrole nitrogens is 2. The van der Waals surface area contributed by atoms with Crippen LogP contribution in [-0.4, -0.2) is 29.9 Å². The summed E-state index contributed by atoms with van der Waals surface area (Å²) >= 11 is 1.56. The lowest BCUT2D eigenvalue weighted by Gasteiger charge is -2.09. The van der Waals surface area contributed by atoms with Crippen molar-refractivity contribution in [2.24, 2.45) is 5.73 Å². The summed E-state index contributed by atoms with van der Waals surface area (Å²) in [7, 11) is 0. The average Bonchev–Trinajstić information content (AvgIpc) is 3.51. The Balaban J connectivity index is 1.34. The molecule has 0 fully saturated rings. The molecule has 0 aliphatic heterocycles. The number of nitrogens with zero attached hydrogens (tertiary/aromatic N) is 4. The topological polar surface area (TPSA) is 118 Å². The molecule has 0 saturated heterocycles. The minimum Gasteiger partial charge on any atom is -0.334 e. The van der Waals surface area contributed by atoms with Crippen molar-refractivity contribution in [3.05, 3.63) is 87.4 Å². The summed E-state index contributed by atoms with van der Waals surface area (Å²) in [5.74, 6) is 0. The number of fused-ring (bicyclic) bond motifs is 4. The predicted molar refractivity (Wildman–Crippen MR) is 126 cm³/mol. The molecule has 4 N–H and O–H groups in total.